The maximum Gasteiger partial charge on any atom is 0.0711 e. The number of likely N-dealkylation sites (tertiary alicyclic amines) is 1. The molecule has 0 saturated carbocycles. The lowest BCUT2D eigenvalue weighted by molar-refractivity contribution is -0.0336. The molecule has 0 aromatic heterocycles. The van der Waals surface area contributed by atoms with E-state index in [1.165, 1.54) is 13.0 Å². The molecule has 2 aliphatic heterocycles. The number of ether oxygens (including phenoxy) is 1. The van der Waals surface area contributed by atoms with E-state index in [0.717, 1.165) is 52.0 Å². The van der Waals surface area contributed by atoms with Gasteiger partial charge in [0.1, 0.15) is 0 Å². The largest absolute Gasteiger partial charge is 0.389 e. The molecule has 94 valence electrons. The van der Waals surface area contributed by atoms with Crippen molar-refractivity contribution in [2.24, 2.45) is 5.92 Å². The van der Waals surface area contributed by atoms with E-state index >= 15 is 0 Å². The third-order valence-electron chi connectivity index (χ3n) is 4.17. The van der Waals surface area contributed by atoms with Gasteiger partial charge >= 0.3 is 0 Å². The van der Waals surface area contributed by atoms with Crippen molar-refractivity contribution in [1.82, 2.24) is 4.90 Å². The SMILES string of the molecule is CCCN1CCCC(O)(C2CCOC2)CC1. The Labute approximate surface area is 98.8 Å². The van der Waals surface area contributed by atoms with Gasteiger partial charge < -0.3 is 14.7 Å². The highest BCUT2D eigenvalue weighted by Gasteiger charge is 2.39. The minimum absolute atomic E-state index is 0.383. The van der Waals surface area contributed by atoms with Crippen LogP contribution in [0.15, 0.2) is 0 Å². The Morgan fingerprint density at radius 1 is 1.38 bits per heavy atom. The molecule has 0 aromatic rings. The lowest BCUT2D eigenvalue weighted by Crippen LogP contribution is -2.39. The quantitative estimate of drug-likeness (QED) is 0.796. The van der Waals surface area contributed by atoms with Crippen LogP contribution < -0.4 is 0 Å². The van der Waals surface area contributed by atoms with E-state index in [-0.39, 0.29) is 0 Å². The molecule has 2 rings (SSSR count). The normalized spacial score (nSPS) is 37.5. The fraction of sp³-hybridized carbons (Fsp3) is 1.00. The molecule has 0 amide bonds. The van der Waals surface area contributed by atoms with Crippen molar-refractivity contribution in [3.8, 4) is 0 Å². The van der Waals surface area contributed by atoms with Gasteiger partial charge in [-0.15, -0.1) is 0 Å². The van der Waals surface area contributed by atoms with Crippen LogP contribution >= 0.6 is 0 Å². The van der Waals surface area contributed by atoms with Crippen molar-refractivity contribution in [1.29, 1.82) is 0 Å². The second-order valence-corrected chi connectivity index (χ2v) is 5.36. The molecule has 1 N–H and O–H groups in total. The Morgan fingerprint density at radius 3 is 2.94 bits per heavy atom. The fourth-order valence-corrected chi connectivity index (χ4v) is 3.10. The van der Waals surface area contributed by atoms with Crippen LogP contribution in [0.4, 0.5) is 0 Å². The molecule has 0 radical (unpaired) electrons. The zero-order valence-corrected chi connectivity index (χ0v) is 10.5. The van der Waals surface area contributed by atoms with E-state index in [1.54, 1.807) is 0 Å². The topological polar surface area (TPSA) is 32.7 Å². The maximum atomic E-state index is 10.7. The van der Waals surface area contributed by atoms with Gasteiger partial charge in [0.2, 0.25) is 0 Å². The van der Waals surface area contributed by atoms with Gasteiger partial charge in [-0.2, -0.15) is 0 Å². The van der Waals surface area contributed by atoms with E-state index in [1.807, 2.05) is 0 Å². The Kier molecular flexibility index (Phi) is 4.22. The van der Waals surface area contributed by atoms with Crippen molar-refractivity contribution in [3.05, 3.63) is 0 Å². The summed E-state index contributed by atoms with van der Waals surface area (Å²) in [7, 11) is 0. The molecular formula is C13H25NO2. The van der Waals surface area contributed by atoms with Crippen molar-refractivity contribution < 1.29 is 9.84 Å². The van der Waals surface area contributed by atoms with Crippen LogP contribution in [0.25, 0.3) is 0 Å². The van der Waals surface area contributed by atoms with Crippen molar-refractivity contribution in [2.45, 2.75) is 44.6 Å². The molecule has 3 nitrogen and oxygen atoms in total. The highest BCUT2D eigenvalue weighted by atomic mass is 16.5. The summed E-state index contributed by atoms with van der Waals surface area (Å²) in [5.41, 5.74) is -0.445. The summed E-state index contributed by atoms with van der Waals surface area (Å²) >= 11 is 0. The first kappa shape index (κ1) is 12.3. The van der Waals surface area contributed by atoms with Gasteiger partial charge in [-0.3, -0.25) is 0 Å². The second kappa shape index (κ2) is 5.48. The first-order chi connectivity index (χ1) is 7.74. The van der Waals surface area contributed by atoms with Gasteiger partial charge in [-0.25, -0.2) is 0 Å². The van der Waals surface area contributed by atoms with Crippen molar-refractivity contribution in [2.75, 3.05) is 32.8 Å². The van der Waals surface area contributed by atoms with Crippen molar-refractivity contribution >= 4 is 0 Å². The number of aliphatic hydroxyl groups is 1. The Hall–Kier alpha value is -0.120. The third kappa shape index (κ3) is 2.76. The molecule has 0 aromatic carbocycles. The van der Waals surface area contributed by atoms with Crippen LogP contribution in [-0.2, 0) is 4.74 Å². The molecule has 3 heteroatoms. The molecule has 2 saturated heterocycles. The van der Waals surface area contributed by atoms with Crippen LogP contribution in [0.5, 0.6) is 0 Å². The summed E-state index contributed by atoms with van der Waals surface area (Å²) in [5.74, 6) is 0.383. The summed E-state index contributed by atoms with van der Waals surface area (Å²) in [6, 6.07) is 0. The van der Waals surface area contributed by atoms with Crippen LogP contribution in [0.3, 0.4) is 0 Å². The fourth-order valence-electron chi connectivity index (χ4n) is 3.10. The van der Waals surface area contributed by atoms with Gasteiger partial charge in [0, 0.05) is 19.1 Å². The average molecular weight is 227 g/mol. The zero-order chi connectivity index (χ0) is 11.4. The van der Waals surface area contributed by atoms with Gasteiger partial charge in [-0.1, -0.05) is 6.92 Å². The molecule has 2 unspecified atom stereocenters. The van der Waals surface area contributed by atoms with Crippen molar-refractivity contribution in [3.63, 3.8) is 0 Å². The molecule has 0 aliphatic carbocycles. The molecular weight excluding hydrogens is 202 g/mol. The van der Waals surface area contributed by atoms with E-state index < -0.39 is 5.60 Å². The predicted molar refractivity (Wildman–Crippen MR) is 64.5 cm³/mol. The molecule has 2 heterocycles. The molecule has 0 spiro atoms. The molecule has 2 fully saturated rings. The van der Waals surface area contributed by atoms with Crippen LogP contribution in [-0.4, -0.2) is 48.5 Å². The second-order valence-electron chi connectivity index (χ2n) is 5.36. The number of hydrogen-bond donors (Lipinski definition) is 1. The van der Waals surface area contributed by atoms with E-state index in [4.69, 9.17) is 4.74 Å². The average Bonchev–Trinajstić information content (AvgIpc) is 2.74. The summed E-state index contributed by atoms with van der Waals surface area (Å²) in [6.45, 7) is 7.22. The smallest absolute Gasteiger partial charge is 0.0711 e. The zero-order valence-electron chi connectivity index (χ0n) is 10.5. The Morgan fingerprint density at radius 2 is 2.25 bits per heavy atom. The first-order valence-electron chi connectivity index (χ1n) is 6.77. The van der Waals surface area contributed by atoms with E-state index in [2.05, 4.69) is 11.8 Å². The summed E-state index contributed by atoms with van der Waals surface area (Å²) in [4.78, 5) is 2.49. The number of rotatable bonds is 3. The Bertz CT molecular complexity index is 216. The van der Waals surface area contributed by atoms with Crippen LogP contribution in [0, 0.1) is 5.92 Å². The maximum absolute atomic E-state index is 10.7. The molecule has 16 heavy (non-hydrogen) atoms. The first-order valence-corrected chi connectivity index (χ1v) is 6.77. The van der Waals surface area contributed by atoms with E-state index in [0.29, 0.717) is 5.92 Å². The summed E-state index contributed by atoms with van der Waals surface area (Å²) in [6.07, 6.45) is 5.28. The Balaban J connectivity index is 1.90. The van der Waals surface area contributed by atoms with Gasteiger partial charge in [0.05, 0.1) is 12.2 Å². The minimum atomic E-state index is -0.445. The summed E-state index contributed by atoms with van der Waals surface area (Å²) in [5, 5.41) is 10.7. The molecule has 2 atom stereocenters. The lowest BCUT2D eigenvalue weighted by atomic mass is 9.81. The predicted octanol–water partition coefficient (Wildman–Crippen LogP) is 1.65. The highest BCUT2D eigenvalue weighted by Crippen LogP contribution is 2.34. The number of nitrogens with zero attached hydrogens (tertiary/aromatic N) is 1. The van der Waals surface area contributed by atoms with Gasteiger partial charge in [0.25, 0.3) is 0 Å². The standard InChI is InChI=1S/C13H25NO2/c1-2-7-14-8-3-5-13(15,6-9-14)12-4-10-16-11-12/h12,15H,2-11H2,1H3. The highest BCUT2D eigenvalue weighted by molar-refractivity contribution is 4.91. The van der Waals surface area contributed by atoms with Crippen LogP contribution in [0.1, 0.15) is 39.0 Å². The molecule has 2 aliphatic rings. The van der Waals surface area contributed by atoms with Gasteiger partial charge in [0.15, 0.2) is 0 Å². The summed E-state index contributed by atoms with van der Waals surface area (Å²) < 4.78 is 5.42. The molecule has 0 bridgehead atoms. The third-order valence-corrected chi connectivity index (χ3v) is 4.17. The lowest BCUT2D eigenvalue weighted by Gasteiger charge is -2.32. The van der Waals surface area contributed by atoms with Crippen LogP contribution in [0.2, 0.25) is 0 Å². The number of hydrogen-bond acceptors (Lipinski definition) is 3. The minimum Gasteiger partial charge on any atom is -0.389 e. The van der Waals surface area contributed by atoms with E-state index in [9.17, 15) is 5.11 Å². The monoisotopic (exact) mass is 227 g/mol. The van der Waals surface area contributed by atoms with Gasteiger partial charge in [-0.05, 0) is 45.2 Å².